The van der Waals surface area contributed by atoms with E-state index in [1.54, 1.807) is 0 Å². The van der Waals surface area contributed by atoms with E-state index in [0.29, 0.717) is 12.2 Å². The van der Waals surface area contributed by atoms with Gasteiger partial charge in [-0.15, -0.1) is 0 Å². The second-order valence-electron chi connectivity index (χ2n) is 9.50. The molecule has 0 saturated heterocycles. The lowest BCUT2D eigenvalue weighted by molar-refractivity contribution is 0.00152. The summed E-state index contributed by atoms with van der Waals surface area (Å²) in [6.45, 7) is 7.54. The maximum Gasteiger partial charge on any atom is 0.338 e. The summed E-state index contributed by atoms with van der Waals surface area (Å²) >= 11 is 0. The Hall–Kier alpha value is -2.13. The van der Waals surface area contributed by atoms with Crippen molar-refractivity contribution in [3.05, 3.63) is 59.7 Å². The maximum atomic E-state index is 12.5. The number of unbranched alkanes of at least 4 members (excludes halogenated alkanes) is 9. The Balaban J connectivity index is 1.71. The molecule has 0 aromatic heterocycles. The van der Waals surface area contributed by atoms with E-state index in [-0.39, 0.29) is 12.1 Å². The van der Waals surface area contributed by atoms with Crippen LogP contribution in [0.4, 0.5) is 0 Å². The lowest BCUT2D eigenvalue weighted by Crippen LogP contribution is -2.20. The summed E-state index contributed by atoms with van der Waals surface area (Å²) in [5, 5.41) is 0. The minimum absolute atomic E-state index is 0.248. The molecule has 0 bridgehead atoms. The molecule has 188 valence electrons. The number of benzene rings is 2. The van der Waals surface area contributed by atoms with Crippen molar-refractivity contribution in [2.75, 3.05) is 13.2 Å². The van der Waals surface area contributed by atoms with Crippen LogP contribution in [-0.2, 0) is 15.9 Å². The normalized spacial score (nSPS) is 12.0. The van der Waals surface area contributed by atoms with Crippen molar-refractivity contribution in [3.63, 3.8) is 0 Å². The van der Waals surface area contributed by atoms with Crippen LogP contribution in [0.5, 0.6) is 0 Å². The largest absolute Gasteiger partial charge is 0.457 e. The zero-order valence-corrected chi connectivity index (χ0v) is 21.8. The third-order valence-electron chi connectivity index (χ3n) is 6.28. The molecule has 0 saturated carbocycles. The first-order chi connectivity index (χ1) is 16.6. The Kier molecular flexibility index (Phi) is 14.3. The first-order valence-electron chi connectivity index (χ1n) is 13.6. The highest BCUT2D eigenvalue weighted by atomic mass is 16.6. The van der Waals surface area contributed by atoms with E-state index < -0.39 is 0 Å². The molecule has 1 atom stereocenters. The number of rotatable bonds is 18. The van der Waals surface area contributed by atoms with E-state index in [4.69, 9.17) is 9.47 Å². The smallest absolute Gasteiger partial charge is 0.338 e. The molecule has 0 N–H and O–H groups in total. The highest BCUT2D eigenvalue weighted by Crippen LogP contribution is 2.22. The number of hydrogen-bond donors (Lipinski definition) is 0. The monoisotopic (exact) mass is 466 g/mol. The standard InChI is InChI=1S/C31H46O3/c1-4-6-8-10-11-13-15-27-16-18-28(19-17-27)29-20-22-30(23-21-29)31(32)34-26(3)25-33-24-14-12-9-7-5-2/h16-23,26H,4-15,24-25H2,1-3H3. The first kappa shape index (κ1) is 28.1. The van der Waals surface area contributed by atoms with Crippen LogP contribution in [0.2, 0.25) is 0 Å². The zero-order valence-electron chi connectivity index (χ0n) is 21.8. The van der Waals surface area contributed by atoms with E-state index in [2.05, 4.69) is 38.1 Å². The molecule has 1 unspecified atom stereocenters. The van der Waals surface area contributed by atoms with Gasteiger partial charge in [0.2, 0.25) is 0 Å². The van der Waals surface area contributed by atoms with Crippen LogP contribution in [0.25, 0.3) is 11.1 Å². The van der Waals surface area contributed by atoms with Crippen molar-refractivity contribution >= 4 is 5.97 Å². The van der Waals surface area contributed by atoms with Crippen LogP contribution in [0.1, 0.15) is 107 Å². The van der Waals surface area contributed by atoms with Crippen LogP contribution in [0, 0.1) is 0 Å². The fraction of sp³-hybridized carbons (Fsp3) is 0.581. The van der Waals surface area contributed by atoms with Crippen molar-refractivity contribution in [2.45, 2.75) is 104 Å². The zero-order chi connectivity index (χ0) is 24.4. The quantitative estimate of drug-likeness (QED) is 0.163. The molecule has 0 radical (unpaired) electrons. The third-order valence-corrected chi connectivity index (χ3v) is 6.28. The first-order valence-corrected chi connectivity index (χ1v) is 13.6. The molecule has 34 heavy (non-hydrogen) atoms. The molecule has 0 aliphatic heterocycles. The van der Waals surface area contributed by atoms with E-state index in [1.165, 1.54) is 75.3 Å². The van der Waals surface area contributed by atoms with Crippen LogP contribution < -0.4 is 0 Å². The summed E-state index contributed by atoms with van der Waals surface area (Å²) < 4.78 is 11.2. The number of esters is 1. The molecule has 2 aromatic carbocycles. The van der Waals surface area contributed by atoms with Gasteiger partial charge < -0.3 is 9.47 Å². The SMILES string of the molecule is CCCCCCCCc1ccc(-c2ccc(C(=O)OC(C)COCCCCCCC)cc2)cc1. The van der Waals surface area contributed by atoms with Crippen LogP contribution in [0.15, 0.2) is 48.5 Å². The average Bonchev–Trinajstić information content (AvgIpc) is 2.86. The van der Waals surface area contributed by atoms with Crippen LogP contribution in [-0.4, -0.2) is 25.3 Å². The molecule has 0 fully saturated rings. The fourth-order valence-corrected chi connectivity index (χ4v) is 4.11. The summed E-state index contributed by atoms with van der Waals surface area (Å²) in [6, 6.07) is 16.5. The van der Waals surface area contributed by atoms with Gasteiger partial charge in [0.15, 0.2) is 0 Å². The number of hydrogen-bond acceptors (Lipinski definition) is 3. The van der Waals surface area contributed by atoms with Gasteiger partial charge in [0.05, 0.1) is 12.2 Å². The van der Waals surface area contributed by atoms with Gasteiger partial charge in [0.25, 0.3) is 0 Å². The lowest BCUT2D eigenvalue weighted by Gasteiger charge is -2.14. The molecular formula is C31H46O3. The summed E-state index contributed by atoms with van der Waals surface area (Å²) in [7, 11) is 0. The van der Waals surface area contributed by atoms with E-state index in [9.17, 15) is 4.79 Å². The van der Waals surface area contributed by atoms with Crippen LogP contribution >= 0.6 is 0 Å². The molecule has 0 aliphatic carbocycles. The summed E-state index contributed by atoms with van der Waals surface area (Å²) in [5.41, 5.74) is 4.26. The Morgan fingerprint density at radius 3 is 1.85 bits per heavy atom. The fourth-order valence-electron chi connectivity index (χ4n) is 4.11. The minimum atomic E-state index is -0.292. The Morgan fingerprint density at radius 1 is 0.706 bits per heavy atom. The van der Waals surface area contributed by atoms with Gasteiger partial charge in [-0.05, 0) is 55.0 Å². The lowest BCUT2D eigenvalue weighted by atomic mass is 10.00. The van der Waals surface area contributed by atoms with E-state index >= 15 is 0 Å². The molecular weight excluding hydrogens is 420 g/mol. The molecule has 0 amide bonds. The van der Waals surface area contributed by atoms with Crippen molar-refractivity contribution in [1.29, 1.82) is 0 Å². The Morgan fingerprint density at radius 2 is 1.24 bits per heavy atom. The average molecular weight is 467 g/mol. The van der Waals surface area contributed by atoms with Gasteiger partial charge in [-0.25, -0.2) is 4.79 Å². The molecule has 0 aliphatic rings. The van der Waals surface area contributed by atoms with Crippen molar-refractivity contribution < 1.29 is 14.3 Å². The summed E-state index contributed by atoms with van der Waals surface area (Å²) in [6.07, 6.45) is 15.0. The molecule has 3 nitrogen and oxygen atoms in total. The minimum Gasteiger partial charge on any atom is -0.457 e. The Labute approximate surface area is 208 Å². The Bertz CT molecular complexity index is 779. The molecule has 0 heterocycles. The van der Waals surface area contributed by atoms with Gasteiger partial charge in [0.1, 0.15) is 6.10 Å². The highest BCUT2D eigenvalue weighted by molar-refractivity contribution is 5.90. The van der Waals surface area contributed by atoms with Gasteiger partial charge >= 0.3 is 5.97 Å². The van der Waals surface area contributed by atoms with Gasteiger partial charge in [-0.3, -0.25) is 0 Å². The topological polar surface area (TPSA) is 35.5 Å². The number of aryl methyl sites for hydroxylation is 1. The maximum absolute atomic E-state index is 12.5. The molecule has 2 rings (SSSR count). The summed E-state index contributed by atoms with van der Waals surface area (Å²) in [4.78, 5) is 12.5. The second-order valence-corrected chi connectivity index (χ2v) is 9.50. The van der Waals surface area contributed by atoms with Gasteiger partial charge in [-0.2, -0.15) is 0 Å². The van der Waals surface area contributed by atoms with Crippen molar-refractivity contribution in [3.8, 4) is 11.1 Å². The number of carbonyl (C=O) groups is 1. The summed E-state index contributed by atoms with van der Waals surface area (Å²) in [5.74, 6) is -0.292. The molecule has 2 aromatic rings. The second kappa shape index (κ2) is 17.3. The van der Waals surface area contributed by atoms with E-state index in [1.807, 2.05) is 31.2 Å². The molecule has 0 spiro atoms. The van der Waals surface area contributed by atoms with E-state index in [0.717, 1.165) is 25.0 Å². The third kappa shape index (κ3) is 11.3. The van der Waals surface area contributed by atoms with Crippen LogP contribution in [0.3, 0.4) is 0 Å². The van der Waals surface area contributed by atoms with Crippen molar-refractivity contribution in [2.24, 2.45) is 0 Å². The highest BCUT2D eigenvalue weighted by Gasteiger charge is 2.12. The van der Waals surface area contributed by atoms with Gasteiger partial charge in [0, 0.05) is 6.61 Å². The predicted octanol–water partition coefficient (Wildman–Crippen LogP) is 8.79. The number of ether oxygens (including phenoxy) is 2. The molecule has 3 heteroatoms. The van der Waals surface area contributed by atoms with Crippen molar-refractivity contribution in [1.82, 2.24) is 0 Å². The predicted molar refractivity (Wildman–Crippen MR) is 143 cm³/mol. The van der Waals surface area contributed by atoms with Gasteiger partial charge in [-0.1, -0.05) is 108 Å². The number of carbonyl (C=O) groups excluding carboxylic acids is 1.